The van der Waals surface area contributed by atoms with Gasteiger partial charge in [0.05, 0.1) is 19.4 Å². The number of rotatable bonds is 8. The number of amides is 2. The van der Waals surface area contributed by atoms with E-state index in [0.29, 0.717) is 17.1 Å². The van der Waals surface area contributed by atoms with E-state index in [2.05, 4.69) is 26.1 Å². The van der Waals surface area contributed by atoms with Crippen LogP contribution in [0.4, 0.5) is 5.69 Å². The van der Waals surface area contributed by atoms with Gasteiger partial charge in [0.25, 0.3) is 5.91 Å². The van der Waals surface area contributed by atoms with Crippen molar-refractivity contribution < 1.29 is 14.3 Å². The zero-order valence-corrected chi connectivity index (χ0v) is 22.0. The molecule has 2 amide bonds. The van der Waals surface area contributed by atoms with Gasteiger partial charge in [-0.15, -0.1) is 10.2 Å². The van der Waals surface area contributed by atoms with Crippen LogP contribution in [0, 0.1) is 0 Å². The molecule has 2 heterocycles. The molecule has 1 N–H and O–H groups in total. The first kappa shape index (κ1) is 25.3. The summed E-state index contributed by atoms with van der Waals surface area (Å²) in [5, 5.41) is 12.6. The van der Waals surface area contributed by atoms with Crippen molar-refractivity contribution in [2.45, 2.75) is 62.7 Å². The van der Waals surface area contributed by atoms with Gasteiger partial charge in [-0.3, -0.25) is 9.59 Å². The summed E-state index contributed by atoms with van der Waals surface area (Å²) >= 11 is 1.44. The minimum Gasteiger partial charge on any atom is -0.497 e. The van der Waals surface area contributed by atoms with Crippen LogP contribution in [0.1, 0.15) is 66.3 Å². The Bertz CT molecular complexity index is 1240. The van der Waals surface area contributed by atoms with Crippen LogP contribution in [0.15, 0.2) is 53.7 Å². The molecule has 0 unspecified atom stereocenters. The zero-order chi connectivity index (χ0) is 25.6. The van der Waals surface area contributed by atoms with Crippen LogP contribution in [0.3, 0.4) is 0 Å². The number of carbonyl (C=O) groups excluding carboxylic acids is 2. The summed E-state index contributed by atoms with van der Waals surface area (Å²) in [4.78, 5) is 27.9. The monoisotopic (exact) mass is 519 g/mol. The molecule has 9 heteroatoms. The third kappa shape index (κ3) is 5.82. The predicted molar refractivity (Wildman–Crippen MR) is 144 cm³/mol. The maximum atomic E-state index is 13.2. The van der Waals surface area contributed by atoms with E-state index >= 15 is 0 Å². The Morgan fingerprint density at radius 3 is 2.59 bits per heavy atom. The molecule has 194 valence electrons. The second-order valence-electron chi connectivity index (χ2n) is 9.54. The second kappa shape index (κ2) is 11.8. The number of anilines is 1. The largest absolute Gasteiger partial charge is 0.497 e. The molecule has 37 heavy (non-hydrogen) atoms. The quantitative estimate of drug-likeness (QED) is 0.431. The fraction of sp³-hybridized carbons (Fsp3) is 0.429. The van der Waals surface area contributed by atoms with Crippen molar-refractivity contribution in [3.63, 3.8) is 0 Å². The molecule has 8 nitrogen and oxygen atoms in total. The van der Waals surface area contributed by atoms with E-state index in [0.717, 1.165) is 61.7 Å². The van der Waals surface area contributed by atoms with Gasteiger partial charge in [0, 0.05) is 23.8 Å². The molecule has 0 spiro atoms. The Balaban J connectivity index is 1.29. The lowest BCUT2D eigenvalue weighted by atomic mass is 9.95. The van der Waals surface area contributed by atoms with Gasteiger partial charge in [0.2, 0.25) is 5.91 Å². The van der Waals surface area contributed by atoms with Crippen LogP contribution in [0.5, 0.6) is 5.75 Å². The minimum atomic E-state index is -0.172. The van der Waals surface area contributed by atoms with Crippen molar-refractivity contribution in [2.24, 2.45) is 0 Å². The lowest BCUT2D eigenvalue weighted by Crippen LogP contribution is -2.36. The average Bonchev–Trinajstić information content (AvgIpc) is 3.37. The third-order valence-electron chi connectivity index (χ3n) is 7.17. The van der Waals surface area contributed by atoms with Crippen molar-refractivity contribution in [3.8, 4) is 5.75 Å². The van der Waals surface area contributed by atoms with Crippen molar-refractivity contribution in [1.29, 1.82) is 0 Å². The Morgan fingerprint density at radius 1 is 1.03 bits per heavy atom. The van der Waals surface area contributed by atoms with Gasteiger partial charge in [-0.1, -0.05) is 49.2 Å². The number of benzene rings is 2. The van der Waals surface area contributed by atoms with E-state index in [1.165, 1.54) is 23.7 Å². The maximum absolute atomic E-state index is 13.2. The summed E-state index contributed by atoms with van der Waals surface area (Å²) in [6.45, 7) is 1.02. The minimum absolute atomic E-state index is 0.0877. The number of ether oxygens (including phenoxy) is 1. The number of para-hydroxylation sites is 1. The molecule has 5 rings (SSSR count). The molecule has 0 atom stereocenters. The van der Waals surface area contributed by atoms with Gasteiger partial charge in [-0.2, -0.15) is 0 Å². The predicted octanol–water partition coefficient (Wildman–Crippen LogP) is 4.79. The van der Waals surface area contributed by atoms with Crippen LogP contribution in [-0.2, 0) is 17.8 Å². The van der Waals surface area contributed by atoms with Gasteiger partial charge >= 0.3 is 0 Å². The summed E-state index contributed by atoms with van der Waals surface area (Å²) in [5.41, 5.74) is 2.81. The van der Waals surface area contributed by atoms with E-state index in [9.17, 15) is 9.59 Å². The highest BCUT2D eigenvalue weighted by atomic mass is 32.2. The molecule has 1 fully saturated rings. The molecule has 2 aromatic carbocycles. The maximum Gasteiger partial charge on any atom is 0.251 e. The van der Waals surface area contributed by atoms with Gasteiger partial charge in [-0.25, -0.2) is 0 Å². The Morgan fingerprint density at radius 2 is 1.81 bits per heavy atom. The number of hydrogen-bond donors (Lipinski definition) is 1. The average molecular weight is 520 g/mol. The van der Waals surface area contributed by atoms with Crippen LogP contribution in [-0.4, -0.2) is 46.0 Å². The molecule has 0 saturated heterocycles. The number of hydrogen-bond acceptors (Lipinski definition) is 6. The van der Waals surface area contributed by atoms with E-state index in [1.807, 2.05) is 23.1 Å². The first-order valence-corrected chi connectivity index (χ1v) is 14.0. The number of nitrogens with zero attached hydrogens (tertiary/aromatic N) is 4. The van der Waals surface area contributed by atoms with E-state index < -0.39 is 0 Å². The molecule has 1 aromatic heterocycles. The zero-order valence-electron chi connectivity index (χ0n) is 21.2. The highest BCUT2D eigenvalue weighted by Crippen LogP contribution is 2.33. The van der Waals surface area contributed by atoms with Gasteiger partial charge in [0.1, 0.15) is 5.75 Å². The molecule has 0 radical (unpaired) electrons. The Kier molecular flexibility index (Phi) is 8.08. The Labute approximate surface area is 221 Å². The molecular weight excluding hydrogens is 486 g/mol. The van der Waals surface area contributed by atoms with Crippen molar-refractivity contribution >= 4 is 29.3 Å². The highest BCUT2D eigenvalue weighted by Gasteiger charge is 2.26. The summed E-state index contributed by atoms with van der Waals surface area (Å²) in [5.74, 6) is 1.65. The molecule has 2 aliphatic rings. The number of aryl methyl sites for hydroxylation is 1. The van der Waals surface area contributed by atoms with E-state index in [4.69, 9.17) is 4.74 Å². The standard InChI is InChI=1S/C28H33N5O3S/c1-36-23-15-13-21(14-16-23)27(35)29-18-25-30-31-28(33(25)22-10-3-2-4-11-22)37-19-26(34)32-17-7-9-20-8-5-6-12-24(20)32/h5-6,8,12-16,22H,2-4,7,9-11,17-19H2,1H3,(H,29,35). The first-order valence-electron chi connectivity index (χ1n) is 13.0. The molecular formula is C28H33N5O3S. The summed E-state index contributed by atoms with van der Waals surface area (Å²) in [7, 11) is 1.60. The lowest BCUT2D eigenvalue weighted by Gasteiger charge is -2.29. The number of aromatic nitrogens is 3. The van der Waals surface area contributed by atoms with Gasteiger partial charge in [-0.05, 0) is 61.6 Å². The van der Waals surface area contributed by atoms with Gasteiger partial charge < -0.3 is 19.5 Å². The van der Waals surface area contributed by atoms with Crippen LogP contribution in [0.2, 0.25) is 0 Å². The Hall–Kier alpha value is -3.33. The van der Waals surface area contributed by atoms with Gasteiger partial charge in [0.15, 0.2) is 11.0 Å². The van der Waals surface area contributed by atoms with Crippen molar-refractivity contribution in [3.05, 3.63) is 65.5 Å². The van der Waals surface area contributed by atoms with Crippen LogP contribution >= 0.6 is 11.8 Å². The van der Waals surface area contributed by atoms with Crippen molar-refractivity contribution in [2.75, 3.05) is 24.3 Å². The smallest absolute Gasteiger partial charge is 0.251 e. The first-order chi connectivity index (χ1) is 18.1. The van der Waals surface area contributed by atoms with Crippen LogP contribution < -0.4 is 15.0 Å². The third-order valence-corrected chi connectivity index (χ3v) is 8.10. The summed E-state index contributed by atoms with van der Waals surface area (Å²) < 4.78 is 7.34. The molecule has 1 saturated carbocycles. The number of nitrogens with one attached hydrogen (secondary N) is 1. The number of methoxy groups -OCH3 is 1. The molecule has 1 aliphatic heterocycles. The number of thioether (sulfide) groups is 1. The topological polar surface area (TPSA) is 89.3 Å². The second-order valence-corrected chi connectivity index (χ2v) is 10.5. The SMILES string of the molecule is COc1ccc(C(=O)NCc2nnc(SCC(=O)N3CCCc4ccccc43)n2C2CCCCC2)cc1. The fourth-order valence-electron chi connectivity index (χ4n) is 5.23. The number of carbonyl (C=O) groups is 2. The van der Waals surface area contributed by atoms with Crippen LogP contribution in [0.25, 0.3) is 0 Å². The van der Waals surface area contributed by atoms with E-state index in [-0.39, 0.29) is 24.4 Å². The summed E-state index contributed by atoms with van der Waals surface area (Å²) in [6.07, 6.45) is 7.65. The normalized spacial score (nSPS) is 15.8. The lowest BCUT2D eigenvalue weighted by molar-refractivity contribution is -0.116. The molecule has 0 bridgehead atoms. The van der Waals surface area contributed by atoms with E-state index in [1.54, 1.807) is 31.4 Å². The fourth-order valence-corrected chi connectivity index (χ4v) is 6.13. The molecule has 1 aliphatic carbocycles. The number of fused-ring (bicyclic) bond motifs is 1. The van der Waals surface area contributed by atoms with Crippen molar-refractivity contribution in [1.82, 2.24) is 20.1 Å². The summed E-state index contributed by atoms with van der Waals surface area (Å²) in [6, 6.07) is 15.5. The molecule has 3 aromatic rings. The highest BCUT2D eigenvalue weighted by molar-refractivity contribution is 7.99.